The summed E-state index contributed by atoms with van der Waals surface area (Å²) in [4.78, 5) is 0. The van der Waals surface area contributed by atoms with Gasteiger partial charge in [0, 0.05) is 12.1 Å². The maximum Gasteiger partial charge on any atom is 0.0857 e. The van der Waals surface area contributed by atoms with Crippen molar-refractivity contribution in [3.63, 3.8) is 0 Å². The van der Waals surface area contributed by atoms with Gasteiger partial charge in [0.1, 0.15) is 0 Å². The van der Waals surface area contributed by atoms with E-state index in [-0.39, 0.29) is 0 Å². The summed E-state index contributed by atoms with van der Waals surface area (Å²) in [5.41, 5.74) is 10.4. The van der Waals surface area contributed by atoms with Gasteiger partial charge in [-0.1, -0.05) is 56.2 Å². The highest BCUT2D eigenvalue weighted by Crippen LogP contribution is 2.45. The second-order valence-corrected chi connectivity index (χ2v) is 8.75. The molecule has 2 atom stereocenters. The minimum absolute atomic E-state index is 0.300. The predicted octanol–water partition coefficient (Wildman–Crippen LogP) is 6.17. The zero-order valence-electron chi connectivity index (χ0n) is 18.7. The molecule has 1 aromatic rings. The molecule has 0 aromatic heterocycles. The van der Waals surface area contributed by atoms with Crippen molar-refractivity contribution in [1.29, 1.82) is 0 Å². The van der Waals surface area contributed by atoms with E-state index in [2.05, 4.69) is 49.3 Å². The summed E-state index contributed by atoms with van der Waals surface area (Å²) in [6.45, 7) is 12.4. The lowest BCUT2D eigenvalue weighted by Crippen LogP contribution is -2.14. The highest BCUT2D eigenvalue weighted by atomic mass is 16.3. The van der Waals surface area contributed by atoms with Crippen molar-refractivity contribution < 1.29 is 5.11 Å². The van der Waals surface area contributed by atoms with E-state index >= 15 is 0 Å². The zero-order chi connectivity index (χ0) is 21.9. The van der Waals surface area contributed by atoms with Crippen LogP contribution in [0.1, 0.15) is 62.0 Å². The minimum atomic E-state index is 0.300. The molecule has 0 amide bonds. The third-order valence-corrected chi connectivity index (χ3v) is 6.22. The molecule has 164 valence electrons. The van der Waals surface area contributed by atoms with Gasteiger partial charge in [0.2, 0.25) is 0 Å². The standard InChI is InChI=1S/C27H40N2O/c1-5-7-24(21(3)28)13-12-22(16-17-29-4)10-11-23-8-6-9-26(19-23)27(18-20(2)30)25-14-15-25/h5-9,19,22,25,27,29-30H,1-3,10-18,28H2,4H3/b24-7+. The fourth-order valence-electron chi connectivity index (χ4n) is 4.29. The third-order valence-electron chi connectivity index (χ3n) is 6.22. The third kappa shape index (κ3) is 8.23. The Balaban J connectivity index is 2.00. The molecule has 0 bridgehead atoms. The summed E-state index contributed by atoms with van der Waals surface area (Å²) in [7, 11) is 2.01. The van der Waals surface area contributed by atoms with E-state index in [1.165, 1.54) is 24.0 Å². The van der Waals surface area contributed by atoms with Gasteiger partial charge in [0.25, 0.3) is 0 Å². The number of aliphatic hydroxyl groups excluding tert-OH is 1. The van der Waals surface area contributed by atoms with Gasteiger partial charge in [-0.3, -0.25) is 0 Å². The molecule has 0 saturated heterocycles. The maximum atomic E-state index is 9.74. The lowest BCUT2D eigenvalue weighted by Gasteiger charge is -2.20. The summed E-state index contributed by atoms with van der Waals surface area (Å²) >= 11 is 0. The van der Waals surface area contributed by atoms with Crippen molar-refractivity contribution >= 4 is 0 Å². The van der Waals surface area contributed by atoms with Crippen LogP contribution in [0, 0.1) is 11.8 Å². The highest BCUT2D eigenvalue weighted by molar-refractivity contribution is 5.30. The number of hydrogen-bond donors (Lipinski definition) is 3. The Bertz CT molecular complexity index is 745. The summed E-state index contributed by atoms with van der Waals surface area (Å²) in [6.07, 6.45) is 12.4. The molecule has 0 spiro atoms. The lowest BCUT2D eigenvalue weighted by molar-refractivity contribution is 0.368. The van der Waals surface area contributed by atoms with Crippen LogP contribution in [0.25, 0.3) is 0 Å². The Labute approximate surface area is 183 Å². The van der Waals surface area contributed by atoms with Crippen LogP contribution in [-0.2, 0) is 6.42 Å². The molecule has 0 radical (unpaired) electrons. The number of aryl methyl sites for hydroxylation is 1. The normalized spacial score (nSPS) is 16.1. The number of benzene rings is 1. The summed E-state index contributed by atoms with van der Waals surface area (Å²) in [5, 5.41) is 13.0. The van der Waals surface area contributed by atoms with Crippen molar-refractivity contribution in [2.45, 2.75) is 57.3 Å². The number of nitrogens with one attached hydrogen (secondary N) is 1. The molecule has 0 heterocycles. The van der Waals surface area contributed by atoms with Crippen LogP contribution in [0.2, 0.25) is 0 Å². The molecule has 2 unspecified atom stereocenters. The van der Waals surface area contributed by atoms with Crippen LogP contribution < -0.4 is 11.1 Å². The van der Waals surface area contributed by atoms with E-state index in [0.29, 0.717) is 35.6 Å². The number of rotatable bonds is 15. The molecule has 2 rings (SSSR count). The Morgan fingerprint density at radius 2 is 2.03 bits per heavy atom. The minimum Gasteiger partial charge on any atom is -0.513 e. The Morgan fingerprint density at radius 1 is 1.27 bits per heavy atom. The van der Waals surface area contributed by atoms with Gasteiger partial charge in [-0.05, 0) is 93.0 Å². The quantitative estimate of drug-likeness (QED) is 0.240. The first-order valence-electron chi connectivity index (χ1n) is 11.3. The van der Waals surface area contributed by atoms with Gasteiger partial charge in [-0.25, -0.2) is 0 Å². The average molecular weight is 409 g/mol. The number of hydrogen-bond acceptors (Lipinski definition) is 3. The lowest BCUT2D eigenvalue weighted by atomic mass is 9.87. The van der Waals surface area contributed by atoms with Gasteiger partial charge in [0.15, 0.2) is 0 Å². The first-order chi connectivity index (χ1) is 14.4. The SMILES string of the molecule is C=C/C=C(\CCC(CCNC)CCc1cccc(C(CC(=C)O)C2CC2)c1)C(=C)N. The van der Waals surface area contributed by atoms with Crippen LogP contribution in [0.15, 0.2) is 73.2 Å². The predicted molar refractivity (Wildman–Crippen MR) is 129 cm³/mol. The molecule has 30 heavy (non-hydrogen) atoms. The van der Waals surface area contributed by atoms with E-state index in [9.17, 15) is 5.11 Å². The topological polar surface area (TPSA) is 58.3 Å². The highest BCUT2D eigenvalue weighted by Gasteiger charge is 2.32. The van der Waals surface area contributed by atoms with Gasteiger partial charge in [-0.15, -0.1) is 0 Å². The summed E-state index contributed by atoms with van der Waals surface area (Å²) in [5.74, 6) is 2.04. The van der Waals surface area contributed by atoms with Gasteiger partial charge in [-0.2, -0.15) is 0 Å². The van der Waals surface area contributed by atoms with Crippen LogP contribution in [0.3, 0.4) is 0 Å². The van der Waals surface area contributed by atoms with Gasteiger partial charge >= 0.3 is 0 Å². The van der Waals surface area contributed by atoms with Crippen LogP contribution in [0.5, 0.6) is 0 Å². The second kappa shape index (κ2) is 12.4. The van der Waals surface area contributed by atoms with Crippen molar-refractivity contribution in [1.82, 2.24) is 5.32 Å². The van der Waals surface area contributed by atoms with Crippen LogP contribution >= 0.6 is 0 Å². The Morgan fingerprint density at radius 3 is 2.63 bits per heavy atom. The first kappa shape index (κ1) is 24.0. The molecule has 1 aliphatic carbocycles. The molecule has 3 nitrogen and oxygen atoms in total. The zero-order valence-corrected chi connectivity index (χ0v) is 18.7. The van der Waals surface area contributed by atoms with Crippen LogP contribution in [-0.4, -0.2) is 18.7 Å². The number of aliphatic hydroxyl groups is 1. The molecular weight excluding hydrogens is 368 g/mol. The van der Waals surface area contributed by atoms with E-state index < -0.39 is 0 Å². The molecule has 3 heteroatoms. The van der Waals surface area contributed by atoms with E-state index in [0.717, 1.165) is 44.2 Å². The largest absolute Gasteiger partial charge is 0.513 e. The van der Waals surface area contributed by atoms with Gasteiger partial charge < -0.3 is 16.2 Å². The molecule has 1 saturated carbocycles. The van der Waals surface area contributed by atoms with E-state index in [1.807, 2.05) is 13.1 Å². The number of nitrogens with two attached hydrogens (primary N) is 1. The van der Waals surface area contributed by atoms with Crippen molar-refractivity contribution in [3.05, 3.63) is 84.3 Å². The Hall–Kier alpha value is -2.26. The second-order valence-electron chi connectivity index (χ2n) is 8.75. The van der Waals surface area contributed by atoms with Gasteiger partial charge in [0.05, 0.1) is 5.76 Å². The number of allylic oxidation sites excluding steroid dienone is 4. The molecule has 1 aromatic carbocycles. The average Bonchev–Trinajstić information content (AvgIpc) is 3.55. The fourth-order valence-corrected chi connectivity index (χ4v) is 4.29. The van der Waals surface area contributed by atoms with Crippen molar-refractivity contribution in [2.24, 2.45) is 17.6 Å². The van der Waals surface area contributed by atoms with E-state index in [4.69, 9.17) is 5.73 Å². The summed E-state index contributed by atoms with van der Waals surface area (Å²) < 4.78 is 0. The van der Waals surface area contributed by atoms with Crippen molar-refractivity contribution in [2.75, 3.05) is 13.6 Å². The summed E-state index contributed by atoms with van der Waals surface area (Å²) in [6, 6.07) is 8.98. The first-order valence-corrected chi connectivity index (χ1v) is 11.3. The smallest absolute Gasteiger partial charge is 0.0857 e. The fraction of sp³-hybridized carbons (Fsp3) is 0.481. The molecule has 0 aliphatic heterocycles. The molecule has 4 N–H and O–H groups in total. The van der Waals surface area contributed by atoms with Crippen molar-refractivity contribution in [3.8, 4) is 0 Å². The molecular formula is C27H40N2O. The maximum absolute atomic E-state index is 9.74. The van der Waals surface area contributed by atoms with E-state index in [1.54, 1.807) is 6.08 Å². The molecule has 1 aliphatic rings. The monoisotopic (exact) mass is 408 g/mol. The molecule has 1 fully saturated rings. The Kier molecular flexibility index (Phi) is 9.96. The van der Waals surface area contributed by atoms with Crippen LogP contribution in [0.4, 0.5) is 0 Å².